The van der Waals surface area contributed by atoms with Gasteiger partial charge in [0.15, 0.2) is 5.78 Å². The van der Waals surface area contributed by atoms with E-state index in [1.165, 1.54) is 23.1 Å². The maximum Gasteiger partial charge on any atom is 0.417 e. The summed E-state index contributed by atoms with van der Waals surface area (Å²) in [4.78, 5) is 25.5. The quantitative estimate of drug-likeness (QED) is 0.781. The van der Waals surface area contributed by atoms with E-state index >= 15 is 0 Å². The van der Waals surface area contributed by atoms with Crippen molar-refractivity contribution in [1.29, 1.82) is 0 Å². The molecule has 1 aliphatic heterocycles. The smallest absolute Gasteiger partial charge is 0.417 e. The van der Waals surface area contributed by atoms with Gasteiger partial charge in [-0.1, -0.05) is 39.0 Å². The van der Waals surface area contributed by atoms with Gasteiger partial charge >= 0.3 is 12.3 Å². The number of benzene rings is 1. The number of likely N-dealkylation sites (tertiary alicyclic amines) is 1. The van der Waals surface area contributed by atoms with Crippen molar-refractivity contribution in [1.82, 2.24) is 4.90 Å². The van der Waals surface area contributed by atoms with Crippen LogP contribution in [-0.4, -0.2) is 34.5 Å². The van der Waals surface area contributed by atoms with Crippen LogP contribution in [0.4, 0.5) is 18.0 Å². The van der Waals surface area contributed by atoms with E-state index in [9.17, 15) is 27.9 Å². The number of hydrogen-bond acceptors (Lipinski definition) is 2. The summed E-state index contributed by atoms with van der Waals surface area (Å²) in [6.45, 7) is 5.74. The molecule has 0 aliphatic carbocycles. The van der Waals surface area contributed by atoms with Crippen molar-refractivity contribution in [2.45, 2.75) is 45.8 Å². The van der Waals surface area contributed by atoms with Gasteiger partial charge in [-0.2, -0.15) is 13.2 Å². The first-order valence-corrected chi connectivity index (χ1v) is 8.13. The molecule has 1 heterocycles. The molecule has 1 amide bonds. The zero-order valence-corrected chi connectivity index (χ0v) is 14.4. The third kappa shape index (κ3) is 4.14. The first-order chi connectivity index (χ1) is 11.4. The number of amides is 1. The number of carbonyl (C=O) groups excluding carboxylic acids is 1. The Morgan fingerprint density at radius 2 is 1.76 bits per heavy atom. The molecule has 1 aromatic rings. The number of nitrogens with zero attached hydrogens (tertiary/aromatic N) is 1. The Balaban J connectivity index is 2.32. The predicted octanol–water partition coefficient (Wildman–Crippen LogP) is 4.69. The van der Waals surface area contributed by atoms with E-state index < -0.39 is 41.0 Å². The number of hydrogen-bond donors (Lipinski definition) is 1. The molecule has 0 radical (unpaired) electrons. The Bertz CT molecular complexity index is 664. The lowest BCUT2D eigenvalue weighted by molar-refractivity contribution is -0.138. The molecule has 0 aromatic heterocycles. The molecule has 1 saturated heterocycles. The summed E-state index contributed by atoms with van der Waals surface area (Å²) >= 11 is 0. The van der Waals surface area contributed by atoms with Gasteiger partial charge in [0.2, 0.25) is 0 Å². The van der Waals surface area contributed by atoms with E-state index in [-0.39, 0.29) is 24.9 Å². The second-order valence-electron chi connectivity index (χ2n) is 7.49. The normalized spacial score (nSPS) is 21.9. The average Bonchev–Trinajstić information content (AvgIpc) is 2.52. The largest absolute Gasteiger partial charge is 0.465 e. The molecule has 4 nitrogen and oxygen atoms in total. The summed E-state index contributed by atoms with van der Waals surface area (Å²) in [7, 11) is 0. The predicted molar refractivity (Wildman–Crippen MR) is 86.5 cm³/mol. The van der Waals surface area contributed by atoms with E-state index in [2.05, 4.69) is 0 Å². The molecule has 0 bridgehead atoms. The fraction of sp³-hybridized carbons (Fsp3) is 0.556. The molecule has 1 aliphatic rings. The van der Waals surface area contributed by atoms with Crippen LogP contribution in [0.3, 0.4) is 0 Å². The minimum absolute atomic E-state index is 0.141. The Morgan fingerprint density at radius 3 is 2.28 bits per heavy atom. The second kappa shape index (κ2) is 6.69. The van der Waals surface area contributed by atoms with E-state index in [1.807, 2.05) is 20.8 Å². The molecular weight excluding hydrogens is 335 g/mol. The van der Waals surface area contributed by atoms with Crippen molar-refractivity contribution in [3.05, 3.63) is 35.4 Å². The number of ketones is 1. The molecule has 0 saturated carbocycles. The highest BCUT2D eigenvalue weighted by Crippen LogP contribution is 2.38. The van der Waals surface area contributed by atoms with Crippen LogP contribution in [0.1, 0.15) is 49.5 Å². The first kappa shape index (κ1) is 19.3. The van der Waals surface area contributed by atoms with Gasteiger partial charge < -0.3 is 10.0 Å². The number of Topliss-reactive ketones (excluding diaryl/α,β-unsaturated/α-hetero) is 1. The van der Waals surface area contributed by atoms with Crippen molar-refractivity contribution in [3.8, 4) is 0 Å². The number of halogens is 3. The lowest BCUT2D eigenvalue weighted by atomic mass is 9.75. The topological polar surface area (TPSA) is 57.6 Å². The number of piperidine rings is 1. The summed E-state index contributed by atoms with van der Waals surface area (Å²) in [6, 6.07) is 4.34. The average molecular weight is 357 g/mol. The van der Waals surface area contributed by atoms with Gasteiger partial charge in [0, 0.05) is 24.1 Å². The Hall–Kier alpha value is -2.05. The van der Waals surface area contributed by atoms with Crippen LogP contribution < -0.4 is 0 Å². The van der Waals surface area contributed by atoms with Crippen LogP contribution >= 0.6 is 0 Å². The number of rotatable bonds is 2. The van der Waals surface area contributed by atoms with Gasteiger partial charge in [-0.15, -0.1) is 0 Å². The minimum Gasteiger partial charge on any atom is -0.465 e. The van der Waals surface area contributed by atoms with E-state index in [4.69, 9.17) is 0 Å². The van der Waals surface area contributed by atoms with Gasteiger partial charge in [-0.05, 0) is 24.3 Å². The van der Waals surface area contributed by atoms with Crippen LogP contribution in [0.2, 0.25) is 0 Å². The maximum absolute atomic E-state index is 13.2. The third-order valence-corrected chi connectivity index (χ3v) is 4.72. The number of carboxylic acid groups (broad SMARTS) is 1. The van der Waals surface area contributed by atoms with Crippen molar-refractivity contribution in [2.24, 2.45) is 11.3 Å². The Kier molecular flexibility index (Phi) is 5.16. The molecule has 2 rings (SSSR count). The highest BCUT2D eigenvalue weighted by Gasteiger charge is 2.42. The summed E-state index contributed by atoms with van der Waals surface area (Å²) in [5, 5.41) is 9.36. The van der Waals surface area contributed by atoms with E-state index in [1.54, 1.807) is 0 Å². The molecular formula is C18H22F3NO3. The molecule has 2 atom stereocenters. The fourth-order valence-corrected chi connectivity index (χ4v) is 3.42. The van der Waals surface area contributed by atoms with Crippen molar-refractivity contribution in [3.63, 3.8) is 0 Å². The fourth-order valence-electron chi connectivity index (χ4n) is 3.42. The third-order valence-electron chi connectivity index (χ3n) is 4.72. The van der Waals surface area contributed by atoms with Crippen molar-refractivity contribution in [2.75, 3.05) is 6.54 Å². The van der Waals surface area contributed by atoms with Crippen molar-refractivity contribution < 1.29 is 27.9 Å². The Labute approximate surface area is 144 Å². The molecule has 1 N–H and O–H groups in total. The Morgan fingerprint density at radius 1 is 1.16 bits per heavy atom. The zero-order chi connectivity index (χ0) is 19.0. The summed E-state index contributed by atoms with van der Waals surface area (Å²) in [5.41, 5.74) is -1.69. The summed E-state index contributed by atoms with van der Waals surface area (Å²) in [6.07, 6.45) is -5.22. The molecule has 1 aromatic carbocycles. The lowest BCUT2D eigenvalue weighted by Gasteiger charge is -2.44. The number of alkyl halides is 3. The van der Waals surface area contributed by atoms with E-state index in [0.29, 0.717) is 0 Å². The van der Waals surface area contributed by atoms with Crippen LogP contribution in [0.15, 0.2) is 24.3 Å². The molecule has 1 fully saturated rings. The van der Waals surface area contributed by atoms with Gasteiger partial charge in [-0.25, -0.2) is 4.79 Å². The van der Waals surface area contributed by atoms with Crippen LogP contribution in [0.25, 0.3) is 0 Å². The lowest BCUT2D eigenvalue weighted by Crippen LogP contribution is -2.52. The molecule has 138 valence electrons. The van der Waals surface area contributed by atoms with E-state index in [0.717, 1.165) is 6.07 Å². The molecule has 7 heteroatoms. The molecule has 0 spiro atoms. The van der Waals surface area contributed by atoms with Gasteiger partial charge in [-0.3, -0.25) is 4.79 Å². The summed E-state index contributed by atoms with van der Waals surface area (Å²) < 4.78 is 39.5. The molecule has 2 unspecified atom stereocenters. The van der Waals surface area contributed by atoms with Gasteiger partial charge in [0.05, 0.1) is 5.56 Å². The SMILES string of the molecule is CC(C)(C)C1CC(C(=O)c2ccccc2C(F)(F)F)CCN1C(=O)O. The van der Waals surface area contributed by atoms with Crippen LogP contribution in [0, 0.1) is 11.3 Å². The van der Waals surface area contributed by atoms with Crippen molar-refractivity contribution >= 4 is 11.9 Å². The highest BCUT2D eigenvalue weighted by molar-refractivity contribution is 5.99. The van der Waals surface area contributed by atoms with Crippen LogP contribution in [0.5, 0.6) is 0 Å². The maximum atomic E-state index is 13.2. The zero-order valence-electron chi connectivity index (χ0n) is 14.4. The monoisotopic (exact) mass is 357 g/mol. The summed E-state index contributed by atoms with van der Waals surface area (Å²) in [5.74, 6) is -1.18. The molecule has 25 heavy (non-hydrogen) atoms. The minimum atomic E-state index is -4.60. The van der Waals surface area contributed by atoms with Gasteiger partial charge in [0.25, 0.3) is 0 Å². The van der Waals surface area contributed by atoms with Crippen LogP contribution in [-0.2, 0) is 6.18 Å². The van der Waals surface area contributed by atoms with Gasteiger partial charge in [0.1, 0.15) is 0 Å². The second-order valence-corrected chi connectivity index (χ2v) is 7.49. The first-order valence-electron chi connectivity index (χ1n) is 8.13. The standard InChI is InChI=1S/C18H22F3NO3/c1-17(2,3)14-10-11(8-9-22(14)16(24)25)15(23)12-6-4-5-7-13(12)18(19,20)21/h4-7,11,14H,8-10H2,1-3H3,(H,24,25). The number of carbonyl (C=O) groups is 2. The highest BCUT2D eigenvalue weighted by atomic mass is 19.4.